The minimum Gasteiger partial charge on any atom is -0.456 e. The summed E-state index contributed by atoms with van der Waals surface area (Å²) >= 11 is 5.79. The van der Waals surface area contributed by atoms with Gasteiger partial charge in [-0.15, -0.1) is 0 Å². The summed E-state index contributed by atoms with van der Waals surface area (Å²) in [5.74, 6) is 5.80. The number of hydrogen-bond acceptors (Lipinski definition) is 3. The Morgan fingerprint density at radius 1 is 1.05 bits per heavy atom. The fourth-order valence-electron chi connectivity index (χ4n) is 1.51. The summed E-state index contributed by atoms with van der Waals surface area (Å²) in [7, 11) is 0. The zero-order valence-corrected chi connectivity index (χ0v) is 10.8. The van der Waals surface area contributed by atoms with Crippen LogP contribution >= 0.6 is 11.6 Å². The maximum Gasteiger partial charge on any atom is 0.416 e. The van der Waals surface area contributed by atoms with Gasteiger partial charge in [-0.25, -0.2) is 0 Å². The fourth-order valence-corrected chi connectivity index (χ4v) is 1.73. The molecule has 0 fully saturated rings. The quantitative estimate of drug-likeness (QED) is 0.651. The number of nitrogens with one attached hydrogen (secondary N) is 1. The van der Waals surface area contributed by atoms with Gasteiger partial charge in [-0.2, -0.15) is 13.2 Å². The molecule has 106 valence electrons. The molecule has 0 aromatic heterocycles. The van der Waals surface area contributed by atoms with Crippen molar-refractivity contribution in [1.29, 1.82) is 0 Å². The fraction of sp³-hybridized carbons (Fsp3) is 0.0769. The highest BCUT2D eigenvalue weighted by molar-refractivity contribution is 6.32. The van der Waals surface area contributed by atoms with E-state index in [2.05, 4.69) is 5.43 Å². The highest BCUT2D eigenvalue weighted by atomic mass is 35.5. The minimum atomic E-state index is -4.43. The van der Waals surface area contributed by atoms with Gasteiger partial charge in [-0.05, 0) is 42.5 Å². The molecule has 0 saturated carbocycles. The lowest BCUT2D eigenvalue weighted by Crippen LogP contribution is -2.06. The Morgan fingerprint density at radius 2 is 1.70 bits per heavy atom. The van der Waals surface area contributed by atoms with Crippen molar-refractivity contribution in [2.75, 3.05) is 5.43 Å². The summed E-state index contributed by atoms with van der Waals surface area (Å²) < 4.78 is 42.9. The van der Waals surface area contributed by atoms with Gasteiger partial charge in [0.25, 0.3) is 0 Å². The maximum atomic E-state index is 12.5. The zero-order chi connectivity index (χ0) is 14.8. The second kappa shape index (κ2) is 5.60. The number of halogens is 4. The molecule has 0 amide bonds. The molecular formula is C13H10ClF3N2O. The standard InChI is InChI=1S/C13H10ClF3N2O/c14-11-7-8(13(15,16)17)1-6-12(11)20-10-4-2-9(19-18)3-5-10/h1-7,19H,18H2. The van der Waals surface area contributed by atoms with Crippen molar-refractivity contribution in [2.45, 2.75) is 6.18 Å². The molecule has 3 nitrogen and oxygen atoms in total. The van der Waals surface area contributed by atoms with Gasteiger partial charge in [0.2, 0.25) is 0 Å². The lowest BCUT2D eigenvalue weighted by molar-refractivity contribution is -0.137. The summed E-state index contributed by atoms with van der Waals surface area (Å²) in [6.45, 7) is 0. The smallest absolute Gasteiger partial charge is 0.416 e. The van der Waals surface area contributed by atoms with E-state index in [0.29, 0.717) is 11.4 Å². The Morgan fingerprint density at radius 3 is 2.20 bits per heavy atom. The van der Waals surface area contributed by atoms with Crippen LogP contribution in [0.2, 0.25) is 5.02 Å². The first-order valence-corrected chi connectivity index (χ1v) is 5.89. The number of hydrazine groups is 1. The van der Waals surface area contributed by atoms with E-state index in [4.69, 9.17) is 22.2 Å². The maximum absolute atomic E-state index is 12.5. The molecule has 0 aliphatic carbocycles. The van der Waals surface area contributed by atoms with Crippen molar-refractivity contribution in [3.05, 3.63) is 53.1 Å². The predicted octanol–water partition coefficient (Wildman–Crippen LogP) is 4.44. The molecule has 0 spiro atoms. The third-order valence-electron chi connectivity index (χ3n) is 2.51. The number of nitrogen functional groups attached to an aromatic ring is 1. The average Bonchev–Trinajstić information content (AvgIpc) is 2.41. The number of ether oxygens (including phenoxy) is 1. The molecule has 0 aliphatic rings. The number of anilines is 1. The SMILES string of the molecule is NNc1ccc(Oc2ccc(C(F)(F)F)cc2Cl)cc1. The molecule has 0 radical (unpaired) electrons. The van der Waals surface area contributed by atoms with Gasteiger partial charge in [0.1, 0.15) is 11.5 Å². The van der Waals surface area contributed by atoms with Gasteiger partial charge in [0.05, 0.1) is 10.6 Å². The average molecular weight is 303 g/mol. The van der Waals surface area contributed by atoms with Crippen LogP contribution in [0, 0.1) is 0 Å². The Hall–Kier alpha value is -1.92. The first kappa shape index (κ1) is 14.5. The summed E-state index contributed by atoms with van der Waals surface area (Å²) in [5.41, 5.74) is 2.30. The van der Waals surface area contributed by atoms with Gasteiger partial charge in [0, 0.05) is 5.69 Å². The van der Waals surface area contributed by atoms with Crippen LogP contribution in [0.5, 0.6) is 11.5 Å². The van der Waals surface area contributed by atoms with Crippen LogP contribution in [0.3, 0.4) is 0 Å². The van der Waals surface area contributed by atoms with Crippen LogP contribution in [0.1, 0.15) is 5.56 Å². The molecule has 0 heterocycles. The van der Waals surface area contributed by atoms with Crippen molar-refractivity contribution in [3.8, 4) is 11.5 Å². The summed E-state index contributed by atoms with van der Waals surface area (Å²) in [6, 6.07) is 9.47. The molecule has 3 N–H and O–H groups in total. The number of alkyl halides is 3. The Balaban J connectivity index is 2.21. The topological polar surface area (TPSA) is 47.3 Å². The molecule has 0 saturated heterocycles. The molecule has 0 unspecified atom stereocenters. The van der Waals surface area contributed by atoms with E-state index >= 15 is 0 Å². The molecule has 2 aromatic carbocycles. The van der Waals surface area contributed by atoms with Gasteiger partial charge < -0.3 is 10.2 Å². The third-order valence-corrected chi connectivity index (χ3v) is 2.80. The second-order valence-corrected chi connectivity index (χ2v) is 4.32. The van der Waals surface area contributed by atoms with Crippen molar-refractivity contribution >= 4 is 17.3 Å². The van der Waals surface area contributed by atoms with Gasteiger partial charge in [-0.1, -0.05) is 11.6 Å². The number of nitrogens with two attached hydrogens (primary N) is 1. The second-order valence-electron chi connectivity index (χ2n) is 3.91. The van der Waals surface area contributed by atoms with Gasteiger partial charge >= 0.3 is 6.18 Å². The van der Waals surface area contributed by atoms with Crippen molar-refractivity contribution < 1.29 is 17.9 Å². The largest absolute Gasteiger partial charge is 0.456 e. The van der Waals surface area contributed by atoms with E-state index in [0.717, 1.165) is 12.1 Å². The third kappa shape index (κ3) is 3.34. The lowest BCUT2D eigenvalue weighted by Gasteiger charge is -2.11. The highest BCUT2D eigenvalue weighted by Crippen LogP contribution is 2.36. The molecule has 0 atom stereocenters. The van der Waals surface area contributed by atoms with Gasteiger partial charge in [-0.3, -0.25) is 5.84 Å². The molecule has 20 heavy (non-hydrogen) atoms. The molecule has 2 rings (SSSR count). The summed E-state index contributed by atoms with van der Waals surface area (Å²) in [6.07, 6.45) is -4.43. The van der Waals surface area contributed by atoms with E-state index in [-0.39, 0.29) is 10.8 Å². The Bertz CT molecular complexity index is 600. The van der Waals surface area contributed by atoms with Crippen LogP contribution in [0.4, 0.5) is 18.9 Å². The first-order valence-electron chi connectivity index (χ1n) is 5.51. The monoisotopic (exact) mass is 302 g/mol. The van der Waals surface area contributed by atoms with Gasteiger partial charge in [0.15, 0.2) is 0 Å². The number of benzene rings is 2. The van der Waals surface area contributed by atoms with Crippen LogP contribution < -0.4 is 16.0 Å². The Labute approximate surface area is 118 Å². The van der Waals surface area contributed by atoms with Crippen LogP contribution in [-0.4, -0.2) is 0 Å². The van der Waals surface area contributed by atoms with Crippen molar-refractivity contribution in [2.24, 2.45) is 5.84 Å². The predicted molar refractivity (Wildman–Crippen MR) is 70.8 cm³/mol. The Kier molecular flexibility index (Phi) is 4.06. The van der Waals surface area contributed by atoms with E-state index < -0.39 is 11.7 Å². The number of hydrogen-bond donors (Lipinski definition) is 2. The normalized spacial score (nSPS) is 11.2. The van der Waals surface area contributed by atoms with Crippen molar-refractivity contribution in [3.63, 3.8) is 0 Å². The summed E-state index contributed by atoms with van der Waals surface area (Å²) in [5, 5.41) is -0.110. The zero-order valence-electron chi connectivity index (χ0n) is 10.0. The first-order chi connectivity index (χ1) is 9.40. The van der Waals surface area contributed by atoms with Crippen LogP contribution in [0.15, 0.2) is 42.5 Å². The molecule has 0 bridgehead atoms. The molecule has 0 aliphatic heterocycles. The molecular weight excluding hydrogens is 293 g/mol. The molecule has 7 heteroatoms. The van der Waals surface area contributed by atoms with Crippen LogP contribution in [-0.2, 0) is 6.18 Å². The molecule has 2 aromatic rings. The van der Waals surface area contributed by atoms with E-state index in [1.54, 1.807) is 24.3 Å². The van der Waals surface area contributed by atoms with E-state index in [9.17, 15) is 13.2 Å². The lowest BCUT2D eigenvalue weighted by atomic mass is 10.2. The van der Waals surface area contributed by atoms with E-state index in [1.807, 2.05) is 0 Å². The van der Waals surface area contributed by atoms with Crippen LogP contribution in [0.25, 0.3) is 0 Å². The summed E-state index contributed by atoms with van der Waals surface area (Å²) in [4.78, 5) is 0. The number of rotatable bonds is 3. The van der Waals surface area contributed by atoms with Crippen molar-refractivity contribution in [1.82, 2.24) is 0 Å². The minimum absolute atomic E-state index is 0.110. The highest BCUT2D eigenvalue weighted by Gasteiger charge is 2.31. The van der Waals surface area contributed by atoms with E-state index in [1.165, 1.54) is 6.07 Å².